The molecule has 0 unspecified atom stereocenters. The van der Waals surface area contributed by atoms with Crippen LogP contribution in [-0.4, -0.2) is 0 Å². The van der Waals surface area contributed by atoms with Crippen LogP contribution in [0.25, 0.3) is 22.3 Å². The van der Waals surface area contributed by atoms with E-state index in [9.17, 15) is 0 Å². The molecule has 0 heterocycles. The van der Waals surface area contributed by atoms with Gasteiger partial charge in [0.05, 0.1) is 0 Å². The standard InChI is InChI=1S/C28H26S2/c1-3-23-25(21-13-7-5-8-14-21)17-11-19-27(23)29-30-28-20-12-18-26(24(28)4-2)22-15-9-6-10-16-22/h5-20H,3-4H2,1-2H3. The zero-order valence-corrected chi connectivity index (χ0v) is 19.1. The van der Waals surface area contributed by atoms with E-state index in [4.69, 9.17) is 0 Å². The van der Waals surface area contributed by atoms with Gasteiger partial charge in [-0.3, -0.25) is 0 Å². The van der Waals surface area contributed by atoms with Gasteiger partial charge in [0.25, 0.3) is 0 Å². The van der Waals surface area contributed by atoms with Crippen LogP contribution in [0.3, 0.4) is 0 Å². The van der Waals surface area contributed by atoms with Gasteiger partial charge in [0.15, 0.2) is 0 Å². The fraction of sp³-hybridized carbons (Fsp3) is 0.143. The van der Waals surface area contributed by atoms with E-state index in [1.54, 1.807) is 0 Å². The molecule has 0 spiro atoms. The number of benzene rings is 4. The van der Waals surface area contributed by atoms with Gasteiger partial charge in [0.1, 0.15) is 0 Å². The fourth-order valence-electron chi connectivity index (χ4n) is 3.88. The van der Waals surface area contributed by atoms with E-state index in [1.165, 1.54) is 43.2 Å². The number of hydrogen-bond acceptors (Lipinski definition) is 2. The van der Waals surface area contributed by atoms with Crippen LogP contribution in [0, 0.1) is 0 Å². The third-order valence-electron chi connectivity index (χ3n) is 5.36. The summed E-state index contributed by atoms with van der Waals surface area (Å²) in [6.45, 7) is 4.51. The second-order valence-electron chi connectivity index (χ2n) is 7.17. The van der Waals surface area contributed by atoms with Gasteiger partial charge in [-0.05, 0) is 58.4 Å². The SMILES string of the molecule is CCc1c(SSc2cccc(-c3ccccc3)c2CC)cccc1-c1ccccc1. The summed E-state index contributed by atoms with van der Waals surface area (Å²) in [5.41, 5.74) is 8.14. The monoisotopic (exact) mass is 426 g/mol. The smallest absolute Gasteiger partial charge is 0.0224 e. The van der Waals surface area contributed by atoms with Crippen LogP contribution in [0.1, 0.15) is 25.0 Å². The van der Waals surface area contributed by atoms with Gasteiger partial charge >= 0.3 is 0 Å². The van der Waals surface area contributed by atoms with Crippen LogP contribution in [0.2, 0.25) is 0 Å². The third kappa shape index (κ3) is 4.50. The predicted molar refractivity (Wildman–Crippen MR) is 134 cm³/mol. The lowest BCUT2D eigenvalue weighted by Gasteiger charge is -2.16. The van der Waals surface area contributed by atoms with Gasteiger partial charge < -0.3 is 0 Å². The molecule has 0 atom stereocenters. The van der Waals surface area contributed by atoms with Crippen molar-refractivity contribution < 1.29 is 0 Å². The summed E-state index contributed by atoms with van der Waals surface area (Å²) in [7, 11) is 3.77. The van der Waals surface area contributed by atoms with Crippen molar-refractivity contribution in [1.29, 1.82) is 0 Å². The minimum Gasteiger partial charge on any atom is -0.0622 e. The molecule has 0 aliphatic heterocycles. The molecule has 0 aliphatic rings. The lowest BCUT2D eigenvalue weighted by Crippen LogP contribution is -1.92. The van der Waals surface area contributed by atoms with E-state index in [2.05, 4.69) is 111 Å². The highest BCUT2D eigenvalue weighted by molar-refractivity contribution is 8.76. The molecular weight excluding hydrogens is 400 g/mol. The van der Waals surface area contributed by atoms with Crippen LogP contribution in [0.4, 0.5) is 0 Å². The summed E-state index contributed by atoms with van der Waals surface area (Å²) in [5, 5.41) is 0. The quantitative estimate of drug-likeness (QED) is 0.270. The lowest BCUT2D eigenvalue weighted by atomic mass is 9.98. The van der Waals surface area contributed by atoms with Gasteiger partial charge in [-0.25, -0.2) is 0 Å². The highest BCUT2D eigenvalue weighted by atomic mass is 33.1. The van der Waals surface area contributed by atoms with Gasteiger partial charge in [-0.1, -0.05) is 120 Å². The third-order valence-corrected chi connectivity index (χ3v) is 7.90. The summed E-state index contributed by atoms with van der Waals surface area (Å²) in [4.78, 5) is 2.71. The maximum absolute atomic E-state index is 2.26. The van der Waals surface area contributed by atoms with E-state index in [0.717, 1.165) is 12.8 Å². The minimum atomic E-state index is 1.03. The minimum absolute atomic E-state index is 1.03. The van der Waals surface area contributed by atoms with Crippen LogP contribution in [-0.2, 0) is 12.8 Å². The number of hydrogen-bond donors (Lipinski definition) is 0. The number of rotatable bonds is 7. The van der Waals surface area contributed by atoms with Crippen molar-refractivity contribution >= 4 is 21.6 Å². The van der Waals surface area contributed by atoms with Gasteiger partial charge in [0.2, 0.25) is 0 Å². The molecule has 4 rings (SSSR count). The maximum atomic E-state index is 2.26. The molecule has 2 heteroatoms. The van der Waals surface area contributed by atoms with Crippen molar-refractivity contribution in [3.8, 4) is 22.3 Å². The Hall–Kier alpha value is -2.42. The van der Waals surface area contributed by atoms with Crippen LogP contribution < -0.4 is 0 Å². The van der Waals surface area contributed by atoms with E-state index >= 15 is 0 Å². The molecule has 4 aromatic carbocycles. The molecule has 0 saturated carbocycles. The molecule has 150 valence electrons. The second kappa shape index (κ2) is 10.1. The van der Waals surface area contributed by atoms with E-state index in [-0.39, 0.29) is 0 Å². The summed E-state index contributed by atoms with van der Waals surface area (Å²) in [6.07, 6.45) is 2.05. The first kappa shape index (κ1) is 20.8. The maximum Gasteiger partial charge on any atom is 0.0224 e. The Kier molecular flexibility index (Phi) is 6.99. The Labute approximate surface area is 188 Å². The van der Waals surface area contributed by atoms with Crippen LogP contribution in [0.15, 0.2) is 107 Å². The molecule has 0 radical (unpaired) electrons. The van der Waals surface area contributed by atoms with Crippen molar-refractivity contribution in [1.82, 2.24) is 0 Å². The van der Waals surface area contributed by atoms with E-state index in [1.807, 2.05) is 21.6 Å². The van der Waals surface area contributed by atoms with Gasteiger partial charge in [0, 0.05) is 9.79 Å². The Bertz CT molecular complexity index is 1010. The Balaban J connectivity index is 1.65. The molecule has 0 aliphatic carbocycles. The Morgan fingerprint density at radius 1 is 0.467 bits per heavy atom. The largest absolute Gasteiger partial charge is 0.0622 e. The highest BCUT2D eigenvalue weighted by Crippen LogP contribution is 2.44. The molecule has 0 amide bonds. The molecule has 0 aromatic heterocycles. The molecule has 0 saturated heterocycles. The van der Waals surface area contributed by atoms with E-state index < -0.39 is 0 Å². The first-order valence-electron chi connectivity index (χ1n) is 10.5. The summed E-state index contributed by atoms with van der Waals surface area (Å²) < 4.78 is 0. The highest BCUT2D eigenvalue weighted by Gasteiger charge is 2.13. The van der Waals surface area contributed by atoms with E-state index in [0.29, 0.717) is 0 Å². The van der Waals surface area contributed by atoms with Crippen molar-refractivity contribution in [2.24, 2.45) is 0 Å². The molecule has 0 nitrogen and oxygen atoms in total. The molecule has 0 fully saturated rings. The predicted octanol–water partition coefficient (Wildman–Crippen LogP) is 8.94. The zero-order chi connectivity index (χ0) is 20.8. The molecular formula is C28H26S2. The van der Waals surface area contributed by atoms with Crippen molar-refractivity contribution in [3.63, 3.8) is 0 Å². The topological polar surface area (TPSA) is 0 Å². The molecule has 30 heavy (non-hydrogen) atoms. The molecule has 0 N–H and O–H groups in total. The average Bonchev–Trinajstić information content (AvgIpc) is 2.83. The lowest BCUT2D eigenvalue weighted by molar-refractivity contribution is 1.08. The van der Waals surface area contributed by atoms with Crippen LogP contribution in [0.5, 0.6) is 0 Å². The summed E-state index contributed by atoms with van der Waals surface area (Å²) >= 11 is 0. The van der Waals surface area contributed by atoms with Gasteiger partial charge in [-0.15, -0.1) is 0 Å². The molecule has 0 bridgehead atoms. The first-order valence-corrected chi connectivity index (χ1v) is 12.7. The fourth-order valence-corrected chi connectivity index (χ4v) is 6.52. The van der Waals surface area contributed by atoms with Crippen molar-refractivity contribution in [3.05, 3.63) is 108 Å². The van der Waals surface area contributed by atoms with Crippen molar-refractivity contribution in [2.75, 3.05) is 0 Å². The van der Waals surface area contributed by atoms with Crippen molar-refractivity contribution in [2.45, 2.75) is 36.5 Å². The van der Waals surface area contributed by atoms with Crippen LogP contribution >= 0.6 is 21.6 Å². The summed E-state index contributed by atoms with van der Waals surface area (Å²) in [6, 6.07) is 34.8. The normalized spacial score (nSPS) is 10.9. The molecule has 4 aromatic rings. The Morgan fingerprint density at radius 3 is 1.23 bits per heavy atom. The second-order valence-corrected chi connectivity index (χ2v) is 9.38. The summed E-state index contributed by atoms with van der Waals surface area (Å²) in [5.74, 6) is 0. The average molecular weight is 427 g/mol. The Morgan fingerprint density at radius 2 is 0.867 bits per heavy atom. The first-order chi connectivity index (χ1) is 14.8. The zero-order valence-electron chi connectivity index (χ0n) is 17.5. The van der Waals surface area contributed by atoms with Gasteiger partial charge in [-0.2, -0.15) is 0 Å².